The average Bonchev–Trinajstić information content (AvgIpc) is 1.62. The second-order valence-electron chi connectivity index (χ2n) is 4.35. The summed E-state index contributed by atoms with van der Waals surface area (Å²) in [6.07, 6.45) is -1.15. The molecule has 0 aromatic heterocycles. The Bertz CT molecular complexity index is 113. The van der Waals surface area contributed by atoms with Crippen LogP contribution in [0.1, 0.15) is 13.8 Å². The molecule has 0 fully saturated rings. The Morgan fingerprint density at radius 2 is 1.40 bits per heavy atom. The molecule has 0 rings (SSSR count). The number of hydrogen-bond acceptors (Lipinski definition) is 2. The standard InChI is InChI=1S/C4H9O2.3CH3.Sn/c1-3(2)4(5)6;;;;/h4-6H,1-2H3;3*1H3;. The molecule has 0 amide bonds. The van der Waals surface area contributed by atoms with Gasteiger partial charge in [0.1, 0.15) is 0 Å². The fourth-order valence-corrected chi connectivity index (χ4v) is 2.60. The summed E-state index contributed by atoms with van der Waals surface area (Å²) < 4.78 is -0.241. The molecule has 0 aliphatic carbocycles. The molecular weight excluding hydrogens is 235 g/mol. The summed E-state index contributed by atoms with van der Waals surface area (Å²) in [6.45, 7) is 3.88. The first-order chi connectivity index (χ1) is 4.19. The Balaban J connectivity index is 4.40. The van der Waals surface area contributed by atoms with Gasteiger partial charge in [-0.05, 0) is 0 Å². The Morgan fingerprint density at radius 3 is 1.40 bits per heavy atom. The van der Waals surface area contributed by atoms with Crippen molar-refractivity contribution >= 4 is 18.4 Å². The third-order valence-electron chi connectivity index (χ3n) is 2.58. The first-order valence-electron chi connectivity index (χ1n) is 3.56. The Morgan fingerprint density at radius 1 is 1.10 bits per heavy atom. The maximum atomic E-state index is 9.02. The Labute approximate surface area is 67.1 Å². The van der Waals surface area contributed by atoms with Gasteiger partial charge in [0.05, 0.1) is 0 Å². The summed E-state index contributed by atoms with van der Waals surface area (Å²) in [4.78, 5) is 6.61. The van der Waals surface area contributed by atoms with Gasteiger partial charge in [-0.25, -0.2) is 0 Å². The van der Waals surface area contributed by atoms with Gasteiger partial charge in [0.25, 0.3) is 0 Å². The molecule has 0 unspecified atom stereocenters. The normalized spacial score (nSPS) is 14.4. The minimum absolute atomic E-state index is 0.241. The van der Waals surface area contributed by atoms with Gasteiger partial charge in [-0.2, -0.15) is 0 Å². The van der Waals surface area contributed by atoms with Crippen LogP contribution in [0.4, 0.5) is 0 Å². The molecule has 0 aliphatic rings. The number of aliphatic hydroxyl groups is 2. The third-order valence-corrected chi connectivity index (χ3v) is 14.3. The van der Waals surface area contributed by atoms with Crippen LogP contribution in [-0.4, -0.2) is 34.9 Å². The molecule has 0 aromatic rings. The van der Waals surface area contributed by atoms with E-state index < -0.39 is 24.7 Å². The second-order valence-corrected chi connectivity index (χ2v) is 20.9. The van der Waals surface area contributed by atoms with E-state index in [0.29, 0.717) is 0 Å². The van der Waals surface area contributed by atoms with E-state index in [1.165, 1.54) is 0 Å². The summed E-state index contributed by atoms with van der Waals surface area (Å²) in [5, 5.41) is 18.0. The molecule has 0 spiro atoms. The van der Waals surface area contributed by atoms with Crippen molar-refractivity contribution in [2.45, 2.75) is 38.4 Å². The predicted octanol–water partition coefficient (Wildman–Crippen LogP) is 1.42. The zero-order valence-electron chi connectivity index (χ0n) is 7.47. The predicted molar refractivity (Wildman–Crippen MR) is 45.6 cm³/mol. The van der Waals surface area contributed by atoms with Crippen LogP contribution in [0.5, 0.6) is 0 Å². The molecule has 62 valence electrons. The van der Waals surface area contributed by atoms with Gasteiger partial charge in [0.15, 0.2) is 0 Å². The molecule has 0 aromatic carbocycles. The van der Waals surface area contributed by atoms with Crippen LogP contribution < -0.4 is 0 Å². The van der Waals surface area contributed by atoms with E-state index in [1.54, 1.807) is 0 Å². The second kappa shape index (κ2) is 2.99. The number of rotatable bonds is 2. The molecule has 0 radical (unpaired) electrons. The zero-order chi connectivity index (χ0) is 8.58. The van der Waals surface area contributed by atoms with Crippen molar-refractivity contribution in [1.29, 1.82) is 0 Å². The average molecular weight is 253 g/mol. The molecule has 0 bridgehead atoms. The Kier molecular flexibility index (Phi) is 3.20. The van der Waals surface area contributed by atoms with Crippen LogP contribution >= 0.6 is 0 Å². The van der Waals surface area contributed by atoms with E-state index in [-0.39, 0.29) is 3.43 Å². The van der Waals surface area contributed by atoms with Crippen LogP contribution in [0.15, 0.2) is 0 Å². The van der Waals surface area contributed by atoms with Crippen molar-refractivity contribution in [2.24, 2.45) is 0 Å². The monoisotopic (exact) mass is 254 g/mol. The van der Waals surface area contributed by atoms with E-state index in [2.05, 4.69) is 14.8 Å². The SMILES string of the molecule is C[C](C)(C(O)O)[Sn]([CH3])([CH3])[CH3]. The molecular formula is C7H18O2Sn. The van der Waals surface area contributed by atoms with Gasteiger partial charge >= 0.3 is 67.0 Å². The minimum atomic E-state index is -2.15. The van der Waals surface area contributed by atoms with Crippen LogP contribution in [0, 0.1) is 0 Å². The van der Waals surface area contributed by atoms with E-state index in [0.717, 1.165) is 0 Å². The van der Waals surface area contributed by atoms with Crippen molar-refractivity contribution in [3.05, 3.63) is 0 Å². The van der Waals surface area contributed by atoms with Crippen molar-refractivity contribution in [3.8, 4) is 0 Å². The first kappa shape index (κ1) is 10.7. The molecule has 0 saturated carbocycles. The van der Waals surface area contributed by atoms with Gasteiger partial charge in [-0.1, -0.05) is 0 Å². The molecule has 2 nitrogen and oxygen atoms in total. The Hall–Kier alpha value is 0.719. The van der Waals surface area contributed by atoms with Gasteiger partial charge in [0.2, 0.25) is 0 Å². The summed E-state index contributed by atoms with van der Waals surface area (Å²) in [5.74, 6) is 0. The molecule has 10 heavy (non-hydrogen) atoms. The van der Waals surface area contributed by atoms with Crippen LogP contribution in [0.2, 0.25) is 18.2 Å². The molecule has 0 aliphatic heterocycles. The van der Waals surface area contributed by atoms with E-state index in [4.69, 9.17) is 10.2 Å². The molecule has 0 heterocycles. The molecule has 0 atom stereocenters. The van der Waals surface area contributed by atoms with Gasteiger partial charge < -0.3 is 0 Å². The van der Waals surface area contributed by atoms with Crippen LogP contribution in [-0.2, 0) is 0 Å². The summed E-state index contributed by atoms with van der Waals surface area (Å²) >= 11 is -2.15. The fraction of sp³-hybridized carbons (Fsp3) is 1.00. The van der Waals surface area contributed by atoms with Gasteiger partial charge in [0, 0.05) is 0 Å². The first-order valence-corrected chi connectivity index (χ1v) is 13.5. The zero-order valence-corrected chi connectivity index (χ0v) is 10.3. The maximum absolute atomic E-state index is 9.02. The van der Waals surface area contributed by atoms with Crippen molar-refractivity contribution < 1.29 is 10.2 Å². The molecule has 2 N–H and O–H groups in total. The number of hydrogen-bond donors (Lipinski definition) is 2. The topological polar surface area (TPSA) is 40.5 Å². The van der Waals surface area contributed by atoms with Crippen LogP contribution in [0.3, 0.4) is 0 Å². The van der Waals surface area contributed by atoms with Gasteiger partial charge in [-0.15, -0.1) is 0 Å². The van der Waals surface area contributed by atoms with Crippen molar-refractivity contribution in [3.63, 3.8) is 0 Å². The van der Waals surface area contributed by atoms with E-state index >= 15 is 0 Å². The molecule has 3 heteroatoms. The summed E-state index contributed by atoms with van der Waals surface area (Å²) in [7, 11) is 0. The third kappa shape index (κ3) is 2.10. The van der Waals surface area contributed by atoms with Crippen LogP contribution in [0.25, 0.3) is 0 Å². The van der Waals surface area contributed by atoms with Gasteiger partial charge in [-0.3, -0.25) is 0 Å². The van der Waals surface area contributed by atoms with E-state index in [9.17, 15) is 0 Å². The molecule has 0 saturated heterocycles. The summed E-state index contributed by atoms with van der Waals surface area (Å²) in [5.41, 5.74) is 0. The fourth-order valence-electron chi connectivity index (χ4n) is 0.387. The number of aliphatic hydroxyl groups excluding tert-OH is 1. The quantitative estimate of drug-likeness (QED) is 0.577. The summed E-state index contributed by atoms with van der Waals surface area (Å²) in [6, 6.07) is 0. The van der Waals surface area contributed by atoms with E-state index in [1.807, 2.05) is 13.8 Å². The van der Waals surface area contributed by atoms with Crippen molar-refractivity contribution in [1.82, 2.24) is 0 Å². The van der Waals surface area contributed by atoms with Crippen molar-refractivity contribution in [2.75, 3.05) is 0 Å².